The molecule has 3 rings (SSSR count). The van der Waals surface area contributed by atoms with Crippen LogP contribution in [-0.2, 0) is 16.1 Å². The number of carbonyl (C=O) groups is 1. The molecule has 29 heavy (non-hydrogen) atoms. The summed E-state index contributed by atoms with van der Waals surface area (Å²) in [6.45, 7) is 4.89. The van der Waals surface area contributed by atoms with Gasteiger partial charge >= 0.3 is 5.97 Å². The van der Waals surface area contributed by atoms with Gasteiger partial charge in [-0.3, -0.25) is 4.79 Å². The highest BCUT2D eigenvalue weighted by Crippen LogP contribution is 2.19. The first kappa shape index (κ1) is 20.7. The zero-order chi connectivity index (χ0) is 20.6. The Morgan fingerprint density at radius 3 is 2.55 bits per heavy atom. The number of nitrogens with zero attached hydrogens (tertiary/aromatic N) is 4. The number of piperidine rings is 1. The minimum absolute atomic E-state index is 0.0145. The standard InChI is InChI=1S/C21H29N5O3/c1-4-22-21(25-12-9-16(10-13-25)20(27)29-3)23-15-17-11-14-26(24-17)18-5-7-19(28-2)8-6-18/h5-8,11,14,16H,4,9-10,12-13,15H2,1-3H3,(H,22,23). The second kappa shape index (κ2) is 9.95. The Labute approximate surface area is 171 Å². The summed E-state index contributed by atoms with van der Waals surface area (Å²) in [5, 5.41) is 7.96. The van der Waals surface area contributed by atoms with Crippen molar-refractivity contribution in [2.45, 2.75) is 26.3 Å². The molecule has 1 aliphatic rings. The monoisotopic (exact) mass is 399 g/mol. The summed E-state index contributed by atoms with van der Waals surface area (Å²) < 4.78 is 11.9. The summed E-state index contributed by atoms with van der Waals surface area (Å²) in [5.41, 5.74) is 1.86. The number of hydrogen-bond acceptors (Lipinski definition) is 5. The summed E-state index contributed by atoms with van der Waals surface area (Å²) in [4.78, 5) is 18.7. The number of aromatic nitrogens is 2. The number of rotatable bonds is 6. The topological polar surface area (TPSA) is 81.0 Å². The number of benzene rings is 1. The first-order chi connectivity index (χ1) is 14.1. The molecule has 0 unspecified atom stereocenters. The molecule has 0 atom stereocenters. The van der Waals surface area contributed by atoms with E-state index >= 15 is 0 Å². The molecule has 0 aliphatic carbocycles. The van der Waals surface area contributed by atoms with Crippen LogP contribution in [0, 0.1) is 5.92 Å². The summed E-state index contributed by atoms with van der Waals surface area (Å²) in [6.07, 6.45) is 3.49. The lowest BCUT2D eigenvalue weighted by Crippen LogP contribution is -2.46. The normalized spacial score (nSPS) is 15.3. The van der Waals surface area contributed by atoms with Crippen molar-refractivity contribution >= 4 is 11.9 Å². The van der Waals surface area contributed by atoms with Crippen molar-refractivity contribution in [2.75, 3.05) is 33.9 Å². The van der Waals surface area contributed by atoms with Crippen molar-refractivity contribution < 1.29 is 14.3 Å². The van der Waals surface area contributed by atoms with Gasteiger partial charge in [0.25, 0.3) is 0 Å². The van der Waals surface area contributed by atoms with Crippen LogP contribution in [0.5, 0.6) is 5.75 Å². The predicted molar refractivity (Wildman–Crippen MR) is 111 cm³/mol. The van der Waals surface area contributed by atoms with Crippen molar-refractivity contribution in [1.29, 1.82) is 0 Å². The molecule has 156 valence electrons. The lowest BCUT2D eigenvalue weighted by atomic mass is 9.97. The van der Waals surface area contributed by atoms with Gasteiger partial charge in [0, 0.05) is 25.8 Å². The van der Waals surface area contributed by atoms with Gasteiger partial charge in [-0.25, -0.2) is 9.67 Å². The van der Waals surface area contributed by atoms with E-state index in [0.29, 0.717) is 6.54 Å². The van der Waals surface area contributed by atoms with E-state index in [9.17, 15) is 4.79 Å². The average molecular weight is 399 g/mol. The third-order valence-corrected chi connectivity index (χ3v) is 5.04. The molecule has 1 aromatic heterocycles. The number of guanidine groups is 1. The molecule has 1 fully saturated rings. The van der Waals surface area contributed by atoms with Crippen molar-refractivity contribution in [3.05, 3.63) is 42.2 Å². The Bertz CT molecular complexity index is 823. The molecule has 2 heterocycles. The third-order valence-electron chi connectivity index (χ3n) is 5.04. The van der Waals surface area contributed by atoms with Crippen LogP contribution in [0.25, 0.3) is 5.69 Å². The molecule has 0 bridgehead atoms. The number of methoxy groups -OCH3 is 2. The predicted octanol–water partition coefficient (Wildman–Crippen LogP) is 2.23. The smallest absolute Gasteiger partial charge is 0.308 e. The summed E-state index contributed by atoms with van der Waals surface area (Å²) >= 11 is 0. The van der Waals surface area contributed by atoms with Gasteiger partial charge in [-0.1, -0.05) is 0 Å². The van der Waals surface area contributed by atoms with E-state index in [-0.39, 0.29) is 11.9 Å². The first-order valence-corrected chi connectivity index (χ1v) is 9.94. The molecule has 1 N–H and O–H groups in total. The van der Waals surface area contributed by atoms with E-state index in [1.807, 2.05) is 41.2 Å². The number of hydrogen-bond donors (Lipinski definition) is 1. The molecular formula is C21H29N5O3. The third kappa shape index (κ3) is 5.28. The van der Waals surface area contributed by atoms with Gasteiger partial charge in [0.05, 0.1) is 38.1 Å². The van der Waals surface area contributed by atoms with Gasteiger partial charge in [-0.2, -0.15) is 5.10 Å². The number of esters is 1. The number of carbonyl (C=O) groups excluding carboxylic acids is 1. The van der Waals surface area contributed by atoms with E-state index in [0.717, 1.165) is 55.6 Å². The highest BCUT2D eigenvalue weighted by atomic mass is 16.5. The Balaban J connectivity index is 1.63. The van der Waals surface area contributed by atoms with Crippen LogP contribution in [0.15, 0.2) is 41.5 Å². The second-order valence-corrected chi connectivity index (χ2v) is 6.90. The van der Waals surface area contributed by atoms with Crippen molar-refractivity contribution in [1.82, 2.24) is 20.0 Å². The Hall–Kier alpha value is -3.03. The Morgan fingerprint density at radius 2 is 1.93 bits per heavy atom. The highest BCUT2D eigenvalue weighted by Gasteiger charge is 2.26. The fraction of sp³-hybridized carbons (Fsp3) is 0.476. The molecule has 8 heteroatoms. The highest BCUT2D eigenvalue weighted by molar-refractivity contribution is 5.80. The van der Waals surface area contributed by atoms with Gasteiger partial charge < -0.3 is 19.7 Å². The van der Waals surface area contributed by atoms with Crippen LogP contribution in [-0.4, -0.2) is 60.5 Å². The zero-order valence-corrected chi connectivity index (χ0v) is 17.3. The zero-order valence-electron chi connectivity index (χ0n) is 17.3. The maximum Gasteiger partial charge on any atom is 0.308 e. The number of aliphatic imine (C=N–C) groups is 1. The molecule has 1 aliphatic heterocycles. The van der Waals surface area contributed by atoms with Gasteiger partial charge in [0.1, 0.15) is 5.75 Å². The molecule has 0 spiro atoms. The van der Waals surface area contributed by atoms with E-state index < -0.39 is 0 Å². The van der Waals surface area contributed by atoms with Crippen LogP contribution in [0.1, 0.15) is 25.5 Å². The van der Waals surface area contributed by atoms with Gasteiger partial charge in [0.15, 0.2) is 5.96 Å². The lowest BCUT2D eigenvalue weighted by molar-refractivity contribution is -0.146. The number of nitrogens with one attached hydrogen (secondary N) is 1. The molecule has 2 aromatic rings. The minimum atomic E-state index is -0.115. The van der Waals surface area contributed by atoms with Crippen molar-refractivity contribution in [3.63, 3.8) is 0 Å². The minimum Gasteiger partial charge on any atom is -0.497 e. The van der Waals surface area contributed by atoms with Crippen LogP contribution in [0.4, 0.5) is 0 Å². The molecule has 1 aromatic carbocycles. The van der Waals surface area contributed by atoms with E-state index in [4.69, 9.17) is 14.5 Å². The van der Waals surface area contributed by atoms with Gasteiger partial charge in [-0.15, -0.1) is 0 Å². The van der Waals surface area contributed by atoms with Gasteiger partial charge in [-0.05, 0) is 50.1 Å². The van der Waals surface area contributed by atoms with E-state index in [1.165, 1.54) is 7.11 Å². The lowest BCUT2D eigenvalue weighted by Gasteiger charge is -2.33. The summed E-state index contributed by atoms with van der Waals surface area (Å²) in [6, 6.07) is 9.73. The van der Waals surface area contributed by atoms with Gasteiger partial charge in [0.2, 0.25) is 0 Å². The van der Waals surface area contributed by atoms with Crippen LogP contribution >= 0.6 is 0 Å². The van der Waals surface area contributed by atoms with E-state index in [2.05, 4.69) is 22.2 Å². The maximum absolute atomic E-state index is 11.7. The fourth-order valence-electron chi connectivity index (χ4n) is 3.40. The quantitative estimate of drug-likeness (QED) is 0.456. The largest absolute Gasteiger partial charge is 0.497 e. The van der Waals surface area contributed by atoms with Crippen LogP contribution < -0.4 is 10.1 Å². The van der Waals surface area contributed by atoms with Crippen molar-refractivity contribution in [2.24, 2.45) is 10.9 Å². The SMILES string of the molecule is CCNC(=NCc1ccn(-c2ccc(OC)cc2)n1)N1CCC(C(=O)OC)CC1. The molecular weight excluding hydrogens is 370 g/mol. The van der Waals surface area contributed by atoms with Crippen LogP contribution in [0.3, 0.4) is 0 Å². The molecule has 0 radical (unpaired) electrons. The number of ether oxygens (including phenoxy) is 2. The average Bonchev–Trinajstić information content (AvgIpc) is 3.25. The fourth-order valence-corrected chi connectivity index (χ4v) is 3.40. The molecule has 1 saturated heterocycles. The Kier molecular flexibility index (Phi) is 7.10. The summed E-state index contributed by atoms with van der Waals surface area (Å²) in [7, 11) is 3.10. The van der Waals surface area contributed by atoms with Crippen molar-refractivity contribution in [3.8, 4) is 11.4 Å². The first-order valence-electron chi connectivity index (χ1n) is 9.94. The Morgan fingerprint density at radius 1 is 1.21 bits per heavy atom. The molecule has 0 amide bonds. The second-order valence-electron chi connectivity index (χ2n) is 6.90. The molecule has 8 nitrogen and oxygen atoms in total. The maximum atomic E-state index is 11.7. The summed E-state index contributed by atoms with van der Waals surface area (Å²) in [5.74, 6) is 1.54. The van der Waals surface area contributed by atoms with Crippen LogP contribution in [0.2, 0.25) is 0 Å². The number of likely N-dealkylation sites (tertiary alicyclic amines) is 1. The van der Waals surface area contributed by atoms with E-state index in [1.54, 1.807) is 7.11 Å². The molecule has 0 saturated carbocycles.